The Labute approximate surface area is 247 Å². The van der Waals surface area contributed by atoms with Gasteiger partial charge in [0.15, 0.2) is 11.6 Å². The van der Waals surface area contributed by atoms with Crippen LogP contribution < -0.4 is 15.6 Å². The molecule has 5 aromatic rings. The lowest BCUT2D eigenvalue weighted by atomic mass is 9.98. The maximum absolute atomic E-state index is 15.2. The van der Waals surface area contributed by atoms with Gasteiger partial charge in [-0.05, 0) is 81.3 Å². The number of carbonyl (C=O) groups excluding carboxylic acids is 1. The second-order valence-electron chi connectivity index (χ2n) is 11.6. The van der Waals surface area contributed by atoms with Crippen LogP contribution in [0.2, 0.25) is 0 Å². The van der Waals surface area contributed by atoms with Gasteiger partial charge in [0.2, 0.25) is 0 Å². The predicted octanol–water partition coefficient (Wildman–Crippen LogP) is 6.05. The third-order valence-electron chi connectivity index (χ3n) is 8.65. The van der Waals surface area contributed by atoms with E-state index in [9.17, 15) is 9.59 Å². The van der Waals surface area contributed by atoms with E-state index in [0.29, 0.717) is 28.7 Å². The normalized spacial score (nSPS) is 17.0. The summed E-state index contributed by atoms with van der Waals surface area (Å²) in [5.74, 6) is -0.214. The molecule has 7 rings (SSSR count). The number of halogens is 1. The number of carbonyl (C=O) groups is 1. The van der Waals surface area contributed by atoms with Crippen molar-refractivity contribution in [2.45, 2.75) is 44.6 Å². The zero-order valence-corrected chi connectivity index (χ0v) is 24.0. The number of hydrogen-bond acceptors (Lipinski definition) is 5. The highest BCUT2D eigenvalue weighted by Gasteiger charge is 2.49. The van der Waals surface area contributed by atoms with E-state index in [1.54, 1.807) is 49.1 Å². The Hall–Kier alpha value is -4.70. The number of para-hydroxylation sites is 1. The van der Waals surface area contributed by atoms with Crippen LogP contribution in [0.15, 0.2) is 71.7 Å². The summed E-state index contributed by atoms with van der Waals surface area (Å²) in [4.78, 5) is 34.1. The zero-order valence-electron chi connectivity index (χ0n) is 24.0. The highest BCUT2D eigenvalue weighted by Crippen LogP contribution is 2.50. The topological polar surface area (TPSA) is 103 Å². The maximum atomic E-state index is 15.2. The molecular formula is C33H32FN5O4. The van der Waals surface area contributed by atoms with Crippen LogP contribution in [0.3, 0.4) is 0 Å². The van der Waals surface area contributed by atoms with Gasteiger partial charge >= 0.3 is 0 Å². The molecular weight excluding hydrogens is 549 g/mol. The first-order valence-electron chi connectivity index (χ1n) is 14.5. The lowest BCUT2D eigenvalue weighted by Gasteiger charge is -2.10. The molecule has 4 heterocycles. The quantitative estimate of drug-likeness (QED) is 0.232. The fraction of sp³-hybridized carbons (Fsp3) is 0.303. The molecule has 3 aromatic heterocycles. The molecule has 0 bridgehead atoms. The van der Waals surface area contributed by atoms with Crippen LogP contribution in [0.1, 0.15) is 47.4 Å². The van der Waals surface area contributed by atoms with Gasteiger partial charge in [0.1, 0.15) is 17.0 Å². The van der Waals surface area contributed by atoms with Crippen molar-refractivity contribution in [1.29, 1.82) is 0 Å². The number of benzene rings is 2. The monoisotopic (exact) mass is 581 g/mol. The first-order chi connectivity index (χ1) is 20.8. The SMILES string of the molecule is Cc1c(C(=O)Nc2ccc(Oc3ccnc4[nH]c(CCC5COC6(CC6)C5)cc34)c(F)c2)c(=O)n(-c2ccccc2)n1C. The molecule has 2 fully saturated rings. The van der Waals surface area contributed by atoms with Gasteiger partial charge < -0.3 is 19.8 Å². The van der Waals surface area contributed by atoms with Crippen LogP contribution >= 0.6 is 0 Å². The van der Waals surface area contributed by atoms with Crippen molar-refractivity contribution in [3.8, 4) is 17.2 Å². The van der Waals surface area contributed by atoms with Crippen LogP contribution in [-0.2, 0) is 18.2 Å². The number of aryl methyl sites for hydroxylation is 1. The number of amides is 1. The summed E-state index contributed by atoms with van der Waals surface area (Å²) in [6.45, 7) is 2.53. The Kier molecular flexibility index (Phi) is 6.65. The van der Waals surface area contributed by atoms with Crippen molar-refractivity contribution < 1.29 is 18.7 Å². The van der Waals surface area contributed by atoms with E-state index in [0.717, 1.165) is 36.9 Å². The van der Waals surface area contributed by atoms with Crippen molar-refractivity contribution >= 4 is 22.6 Å². The van der Waals surface area contributed by atoms with E-state index in [4.69, 9.17) is 9.47 Å². The molecule has 1 amide bonds. The number of aromatic amines is 1. The number of fused-ring (bicyclic) bond motifs is 1. The van der Waals surface area contributed by atoms with Crippen LogP contribution in [0.5, 0.6) is 11.5 Å². The lowest BCUT2D eigenvalue weighted by Crippen LogP contribution is -2.25. The standard InChI is InChI=1S/C33H32FN5O4/c1-20-29(32(41)39(38(20)2)24-6-4-3-5-7-24)31(40)37-23-10-11-28(26(34)17-23)43-27-12-15-35-30-25(27)16-22(36-30)9-8-21-18-33(13-14-33)42-19-21/h3-7,10-12,15-17,21H,8-9,13-14,18-19H2,1-2H3,(H,35,36)(H,37,40). The van der Waals surface area contributed by atoms with E-state index in [-0.39, 0.29) is 22.6 Å². The molecule has 1 aliphatic carbocycles. The smallest absolute Gasteiger partial charge is 0.284 e. The van der Waals surface area contributed by atoms with Crippen LogP contribution in [0.25, 0.3) is 16.7 Å². The number of nitrogens with zero attached hydrogens (tertiary/aromatic N) is 3. The van der Waals surface area contributed by atoms with Gasteiger partial charge in [-0.25, -0.2) is 14.1 Å². The molecule has 2 aromatic carbocycles. The summed E-state index contributed by atoms with van der Waals surface area (Å²) in [7, 11) is 1.71. The summed E-state index contributed by atoms with van der Waals surface area (Å²) in [5.41, 5.74) is 2.77. The second kappa shape index (κ2) is 10.5. The van der Waals surface area contributed by atoms with Crippen LogP contribution in [0, 0.1) is 18.7 Å². The highest BCUT2D eigenvalue weighted by molar-refractivity contribution is 6.05. The van der Waals surface area contributed by atoms with Crippen molar-refractivity contribution in [1.82, 2.24) is 19.3 Å². The maximum Gasteiger partial charge on any atom is 0.284 e. The number of nitrogens with one attached hydrogen (secondary N) is 2. The molecule has 0 radical (unpaired) electrons. The number of anilines is 1. The van der Waals surface area contributed by atoms with E-state index >= 15 is 4.39 Å². The molecule has 2 N–H and O–H groups in total. The summed E-state index contributed by atoms with van der Waals surface area (Å²) in [5, 5.41) is 3.43. The Morgan fingerprint density at radius 3 is 2.72 bits per heavy atom. The molecule has 1 atom stereocenters. The molecule has 220 valence electrons. The Morgan fingerprint density at radius 1 is 1.16 bits per heavy atom. The van der Waals surface area contributed by atoms with E-state index < -0.39 is 17.3 Å². The summed E-state index contributed by atoms with van der Waals surface area (Å²) >= 11 is 0. The van der Waals surface area contributed by atoms with Crippen LogP contribution in [0.4, 0.5) is 10.1 Å². The van der Waals surface area contributed by atoms with Gasteiger partial charge in [0, 0.05) is 30.7 Å². The molecule has 10 heteroatoms. The molecule has 1 saturated heterocycles. The minimum Gasteiger partial charge on any atom is -0.453 e. The molecule has 1 aliphatic heterocycles. The van der Waals surface area contributed by atoms with Crippen molar-refractivity contribution in [2.24, 2.45) is 13.0 Å². The van der Waals surface area contributed by atoms with Crippen molar-refractivity contribution in [3.63, 3.8) is 0 Å². The number of ether oxygens (including phenoxy) is 2. The number of pyridine rings is 1. The van der Waals surface area contributed by atoms with Gasteiger partial charge in [-0.15, -0.1) is 0 Å². The van der Waals surface area contributed by atoms with Crippen molar-refractivity contribution in [3.05, 3.63) is 100.0 Å². The van der Waals surface area contributed by atoms with E-state index in [1.807, 2.05) is 24.3 Å². The summed E-state index contributed by atoms with van der Waals surface area (Å²) in [6.07, 6.45) is 7.05. The van der Waals surface area contributed by atoms with E-state index in [1.165, 1.54) is 29.7 Å². The molecule has 2 aliphatic rings. The fourth-order valence-corrected chi connectivity index (χ4v) is 6.06. The third-order valence-corrected chi connectivity index (χ3v) is 8.65. The summed E-state index contributed by atoms with van der Waals surface area (Å²) < 4.78 is 30.2. The number of aromatic nitrogens is 4. The highest BCUT2D eigenvalue weighted by atomic mass is 19.1. The number of hydrogen-bond donors (Lipinski definition) is 2. The van der Waals surface area contributed by atoms with Gasteiger partial charge in [-0.3, -0.25) is 14.3 Å². The van der Waals surface area contributed by atoms with Gasteiger partial charge in [0.25, 0.3) is 11.5 Å². The van der Waals surface area contributed by atoms with E-state index in [2.05, 4.69) is 15.3 Å². The van der Waals surface area contributed by atoms with Crippen molar-refractivity contribution in [2.75, 3.05) is 11.9 Å². The second-order valence-corrected chi connectivity index (χ2v) is 11.6. The Balaban J connectivity index is 1.06. The Morgan fingerprint density at radius 2 is 1.98 bits per heavy atom. The third kappa shape index (κ3) is 5.12. The largest absolute Gasteiger partial charge is 0.453 e. The molecule has 1 saturated carbocycles. The fourth-order valence-electron chi connectivity index (χ4n) is 6.06. The molecule has 9 nitrogen and oxygen atoms in total. The first-order valence-corrected chi connectivity index (χ1v) is 14.5. The molecule has 1 unspecified atom stereocenters. The first kappa shape index (κ1) is 27.2. The molecule has 43 heavy (non-hydrogen) atoms. The zero-order chi connectivity index (χ0) is 29.7. The average Bonchev–Trinajstić information content (AvgIpc) is 3.32. The van der Waals surface area contributed by atoms with Gasteiger partial charge in [0.05, 0.1) is 29.0 Å². The predicted molar refractivity (Wildman–Crippen MR) is 161 cm³/mol. The lowest BCUT2D eigenvalue weighted by molar-refractivity contribution is 0.0869. The minimum absolute atomic E-state index is 0.00779. The average molecular weight is 582 g/mol. The van der Waals surface area contributed by atoms with Gasteiger partial charge in [-0.2, -0.15) is 0 Å². The number of H-pyrrole nitrogens is 1. The minimum atomic E-state index is -0.653. The number of rotatable bonds is 8. The van der Waals surface area contributed by atoms with Gasteiger partial charge in [-0.1, -0.05) is 18.2 Å². The summed E-state index contributed by atoms with van der Waals surface area (Å²) in [6, 6.07) is 17.0. The van der Waals surface area contributed by atoms with Crippen LogP contribution in [-0.4, -0.2) is 37.4 Å². The Bertz CT molecular complexity index is 1900. The molecule has 1 spiro atoms.